The second-order valence-corrected chi connectivity index (χ2v) is 4.93. The molecule has 0 fully saturated rings. The summed E-state index contributed by atoms with van der Waals surface area (Å²) >= 11 is 5.68. The summed E-state index contributed by atoms with van der Waals surface area (Å²) in [6, 6.07) is 11.0. The Bertz CT molecular complexity index is 701. The lowest BCUT2D eigenvalue weighted by molar-refractivity contribution is -0.144. The van der Waals surface area contributed by atoms with Crippen LogP contribution in [0.3, 0.4) is 0 Å². The smallest absolute Gasteiger partial charge is 0.344 e. The van der Waals surface area contributed by atoms with Crippen LogP contribution in [0.4, 0.5) is 10.1 Å². The quantitative estimate of drug-likeness (QED) is 0.844. The molecule has 0 heterocycles. The molecule has 22 heavy (non-hydrogen) atoms. The Morgan fingerprint density at radius 1 is 1.32 bits per heavy atom. The predicted molar refractivity (Wildman–Crippen MR) is 82.8 cm³/mol. The van der Waals surface area contributed by atoms with E-state index in [1.165, 1.54) is 25.1 Å². The maximum Gasteiger partial charge on any atom is 0.344 e. The first kappa shape index (κ1) is 16.0. The highest BCUT2D eigenvalue weighted by Gasteiger charge is 2.11. The van der Waals surface area contributed by atoms with Crippen molar-refractivity contribution >= 4 is 29.5 Å². The number of carbonyl (C=O) groups is 1. The van der Waals surface area contributed by atoms with Gasteiger partial charge >= 0.3 is 5.97 Å². The Morgan fingerprint density at radius 3 is 2.59 bits per heavy atom. The van der Waals surface area contributed by atoms with Gasteiger partial charge in [-0.1, -0.05) is 11.6 Å². The third kappa shape index (κ3) is 4.30. The van der Waals surface area contributed by atoms with Crippen molar-refractivity contribution in [3.63, 3.8) is 0 Å². The summed E-state index contributed by atoms with van der Waals surface area (Å²) in [5.41, 5.74) is 1.32. The lowest BCUT2D eigenvalue weighted by Gasteiger charge is -2.09. The minimum atomic E-state index is -1.03. The van der Waals surface area contributed by atoms with Crippen LogP contribution in [0.5, 0.6) is 5.75 Å². The maximum absolute atomic E-state index is 13.0. The van der Waals surface area contributed by atoms with Gasteiger partial charge in [0.2, 0.25) is 0 Å². The highest BCUT2D eigenvalue weighted by molar-refractivity contribution is 6.31. The summed E-state index contributed by atoms with van der Waals surface area (Å²) in [5, 5.41) is 8.78. The summed E-state index contributed by atoms with van der Waals surface area (Å²) < 4.78 is 18.2. The first-order valence-corrected chi connectivity index (χ1v) is 6.82. The normalized spacial score (nSPS) is 12.3. The summed E-state index contributed by atoms with van der Waals surface area (Å²) in [6.07, 6.45) is 0.675. The predicted octanol–water partition coefficient (Wildman–Crippen LogP) is 4.08. The van der Waals surface area contributed by atoms with E-state index in [-0.39, 0.29) is 5.02 Å². The van der Waals surface area contributed by atoms with Gasteiger partial charge in [-0.3, -0.25) is 4.99 Å². The molecule has 4 nitrogen and oxygen atoms in total. The minimum absolute atomic E-state index is 0.0149. The highest BCUT2D eigenvalue weighted by Crippen LogP contribution is 2.21. The fourth-order valence-electron chi connectivity index (χ4n) is 1.60. The third-order valence-corrected chi connectivity index (χ3v) is 3.10. The zero-order valence-electron chi connectivity index (χ0n) is 11.7. The van der Waals surface area contributed by atoms with Crippen molar-refractivity contribution in [1.29, 1.82) is 0 Å². The number of aliphatic carboxylic acids is 1. The molecule has 2 aromatic rings. The zero-order chi connectivity index (χ0) is 16.1. The molecular formula is C16H13ClFNO3. The Balaban J connectivity index is 2.05. The molecule has 0 aliphatic rings. The van der Waals surface area contributed by atoms with Crippen LogP contribution in [-0.2, 0) is 4.79 Å². The molecule has 0 aromatic heterocycles. The second kappa shape index (κ2) is 7.04. The Kier molecular flexibility index (Phi) is 5.12. The molecule has 0 amide bonds. The van der Waals surface area contributed by atoms with Crippen molar-refractivity contribution in [3.05, 3.63) is 58.9 Å². The van der Waals surface area contributed by atoms with E-state index >= 15 is 0 Å². The van der Waals surface area contributed by atoms with E-state index in [4.69, 9.17) is 21.4 Å². The van der Waals surface area contributed by atoms with Gasteiger partial charge in [0.15, 0.2) is 6.10 Å². The number of nitrogens with zero attached hydrogens (tertiary/aromatic N) is 1. The molecule has 2 rings (SSSR count). The van der Waals surface area contributed by atoms with Crippen molar-refractivity contribution in [2.75, 3.05) is 0 Å². The molecule has 0 aliphatic heterocycles. The van der Waals surface area contributed by atoms with E-state index < -0.39 is 17.9 Å². The summed E-state index contributed by atoms with van der Waals surface area (Å²) in [4.78, 5) is 14.9. The molecule has 0 saturated heterocycles. The Hall–Kier alpha value is -2.40. The van der Waals surface area contributed by atoms with Crippen LogP contribution in [0.25, 0.3) is 0 Å². The lowest BCUT2D eigenvalue weighted by atomic mass is 10.2. The third-order valence-electron chi connectivity index (χ3n) is 2.81. The summed E-state index contributed by atoms with van der Waals surface area (Å²) in [7, 11) is 0. The minimum Gasteiger partial charge on any atom is -0.479 e. The SMILES string of the molecule is C[C@H](Oc1ccc(C=Nc2ccc(F)c(Cl)c2)cc1)C(=O)O. The van der Waals surface area contributed by atoms with Crippen molar-refractivity contribution in [1.82, 2.24) is 0 Å². The fourth-order valence-corrected chi connectivity index (χ4v) is 1.78. The van der Waals surface area contributed by atoms with Crippen LogP contribution in [-0.4, -0.2) is 23.4 Å². The molecule has 0 bridgehead atoms. The molecule has 6 heteroatoms. The van der Waals surface area contributed by atoms with Crippen LogP contribution in [0, 0.1) is 5.82 Å². The highest BCUT2D eigenvalue weighted by atomic mass is 35.5. The molecular weight excluding hydrogens is 309 g/mol. The summed E-state index contributed by atoms with van der Waals surface area (Å²) in [5.74, 6) is -1.06. The lowest BCUT2D eigenvalue weighted by Crippen LogP contribution is -2.22. The van der Waals surface area contributed by atoms with E-state index in [9.17, 15) is 9.18 Å². The molecule has 0 spiro atoms. The number of benzene rings is 2. The number of hydrogen-bond donors (Lipinski definition) is 1. The number of ether oxygens (including phenoxy) is 1. The van der Waals surface area contributed by atoms with E-state index in [1.807, 2.05) is 0 Å². The van der Waals surface area contributed by atoms with Crippen LogP contribution in [0.2, 0.25) is 5.02 Å². The van der Waals surface area contributed by atoms with Crippen LogP contribution < -0.4 is 4.74 Å². The second-order valence-electron chi connectivity index (χ2n) is 4.52. The summed E-state index contributed by atoms with van der Waals surface area (Å²) in [6.45, 7) is 1.45. The van der Waals surface area contributed by atoms with E-state index in [0.717, 1.165) is 5.56 Å². The van der Waals surface area contributed by atoms with Gasteiger partial charge in [-0.05, 0) is 55.0 Å². The van der Waals surface area contributed by atoms with E-state index in [0.29, 0.717) is 11.4 Å². The monoisotopic (exact) mass is 321 g/mol. The van der Waals surface area contributed by atoms with Gasteiger partial charge in [-0.15, -0.1) is 0 Å². The van der Waals surface area contributed by atoms with Crippen molar-refractivity contribution in [2.24, 2.45) is 4.99 Å². The average Bonchev–Trinajstić information content (AvgIpc) is 2.49. The Labute approximate surface area is 131 Å². The van der Waals surface area contributed by atoms with Gasteiger partial charge in [0.1, 0.15) is 11.6 Å². The first-order chi connectivity index (χ1) is 10.5. The first-order valence-electron chi connectivity index (χ1n) is 6.44. The molecule has 0 radical (unpaired) electrons. The number of carboxylic acid groups (broad SMARTS) is 1. The molecule has 1 N–H and O–H groups in total. The van der Waals surface area contributed by atoms with Crippen LogP contribution >= 0.6 is 11.6 Å². The number of aliphatic imine (C=N–C) groups is 1. The Morgan fingerprint density at radius 2 is 2.00 bits per heavy atom. The molecule has 2 aromatic carbocycles. The van der Waals surface area contributed by atoms with Gasteiger partial charge < -0.3 is 9.84 Å². The number of rotatable bonds is 5. The van der Waals surface area contributed by atoms with Gasteiger partial charge in [0.05, 0.1) is 10.7 Å². The number of halogens is 2. The molecule has 0 unspecified atom stereocenters. The fraction of sp³-hybridized carbons (Fsp3) is 0.125. The average molecular weight is 322 g/mol. The molecule has 1 atom stereocenters. The van der Waals surface area contributed by atoms with Gasteiger partial charge in [-0.2, -0.15) is 0 Å². The standard InChI is InChI=1S/C16H13ClFNO3/c1-10(16(20)21)22-13-5-2-11(3-6-13)9-19-12-4-7-15(18)14(17)8-12/h2-10H,1H3,(H,20,21)/t10-/m0/s1. The van der Waals surface area contributed by atoms with Crippen molar-refractivity contribution < 1.29 is 19.0 Å². The van der Waals surface area contributed by atoms with Gasteiger partial charge in [0.25, 0.3) is 0 Å². The van der Waals surface area contributed by atoms with Crippen LogP contribution in [0.1, 0.15) is 12.5 Å². The number of carboxylic acids is 1. The van der Waals surface area contributed by atoms with Crippen molar-refractivity contribution in [2.45, 2.75) is 13.0 Å². The van der Waals surface area contributed by atoms with Crippen molar-refractivity contribution in [3.8, 4) is 5.75 Å². The van der Waals surface area contributed by atoms with Crippen LogP contribution in [0.15, 0.2) is 47.5 Å². The largest absolute Gasteiger partial charge is 0.479 e. The van der Waals surface area contributed by atoms with E-state index in [1.54, 1.807) is 30.5 Å². The van der Waals surface area contributed by atoms with E-state index in [2.05, 4.69) is 4.99 Å². The number of hydrogen-bond acceptors (Lipinski definition) is 3. The van der Waals surface area contributed by atoms with Gasteiger partial charge in [-0.25, -0.2) is 9.18 Å². The maximum atomic E-state index is 13.0. The molecule has 114 valence electrons. The molecule has 0 aliphatic carbocycles. The molecule has 0 saturated carbocycles. The van der Waals surface area contributed by atoms with Gasteiger partial charge in [0, 0.05) is 6.21 Å². The topological polar surface area (TPSA) is 58.9 Å². The zero-order valence-corrected chi connectivity index (χ0v) is 12.4.